The van der Waals surface area contributed by atoms with Crippen LogP contribution in [-0.2, 0) is 20.4 Å². The van der Waals surface area contributed by atoms with Crippen LogP contribution in [0.3, 0.4) is 0 Å². The average molecular weight is 596 g/mol. The topological polar surface area (TPSA) is 156 Å². The van der Waals surface area contributed by atoms with E-state index in [1.807, 2.05) is 24.3 Å². The summed E-state index contributed by atoms with van der Waals surface area (Å²) in [5.74, 6) is -1.91. The quantitative estimate of drug-likeness (QED) is 0.134. The SMILES string of the molecule is CN(C(=O)NCc1cccc(F)c1F)[C@@H](CCCOP(=O)([O-])[O-])COC(=O)Nc1cc2ccccc2cn1.[Na+].[Na+]. The molecule has 16 heteroatoms. The van der Waals surface area contributed by atoms with Crippen molar-refractivity contribution in [2.45, 2.75) is 25.4 Å². The van der Waals surface area contributed by atoms with E-state index >= 15 is 0 Å². The summed E-state index contributed by atoms with van der Waals surface area (Å²) in [5.41, 5.74) is -0.0724. The van der Waals surface area contributed by atoms with Gasteiger partial charge in [0, 0.05) is 30.7 Å². The molecule has 0 saturated carbocycles. The van der Waals surface area contributed by atoms with Gasteiger partial charge in [-0.05, 0) is 30.4 Å². The summed E-state index contributed by atoms with van der Waals surface area (Å²) in [5, 5.41) is 6.65. The van der Waals surface area contributed by atoms with Crippen LogP contribution < -0.4 is 79.5 Å². The molecule has 0 saturated heterocycles. The first-order valence-electron chi connectivity index (χ1n) is 11.4. The minimum Gasteiger partial charge on any atom is -0.790 e. The molecule has 0 aliphatic carbocycles. The van der Waals surface area contributed by atoms with Crippen molar-refractivity contribution in [3.05, 3.63) is 71.9 Å². The molecule has 0 spiro atoms. The Morgan fingerprint density at radius 1 is 1.10 bits per heavy atom. The summed E-state index contributed by atoms with van der Waals surface area (Å²) in [7, 11) is -3.79. The number of carbonyl (C=O) groups is 2. The first-order chi connectivity index (χ1) is 18.0. The second kappa shape index (κ2) is 17.3. The molecular weight excluding hydrogens is 571 g/mol. The maximum Gasteiger partial charge on any atom is 1.00 e. The number of phosphoric acid groups is 1. The predicted octanol–water partition coefficient (Wildman–Crippen LogP) is -3.09. The van der Waals surface area contributed by atoms with Crippen molar-refractivity contribution in [1.82, 2.24) is 15.2 Å². The average Bonchev–Trinajstić information content (AvgIpc) is 2.87. The summed E-state index contributed by atoms with van der Waals surface area (Å²) in [6.45, 7) is -1.06. The third-order valence-corrected chi connectivity index (χ3v) is 6.03. The molecule has 40 heavy (non-hydrogen) atoms. The zero-order valence-corrected chi connectivity index (χ0v) is 27.2. The van der Waals surface area contributed by atoms with Gasteiger partial charge in [0.15, 0.2) is 11.6 Å². The normalized spacial score (nSPS) is 11.5. The molecule has 0 fully saturated rings. The van der Waals surface area contributed by atoms with Crippen molar-refractivity contribution < 1.29 is 101 Å². The number of urea groups is 1. The van der Waals surface area contributed by atoms with Crippen LogP contribution in [0.4, 0.5) is 24.2 Å². The van der Waals surface area contributed by atoms with Crippen LogP contribution in [0, 0.1) is 11.6 Å². The van der Waals surface area contributed by atoms with Gasteiger partial charge in [-0.3, -0.25) is 5.32 Å². The summed E-state index contributed by atoms with van der Waals surface area (Å²) in [6, 6.07) is 11.1. The number of nitrogens with one attached hydrogen (secondary N) is 2. The fourth-order valence-electron chi connectivity index (χ4n) is 3.49. The van der Waals surface area contributed by atoms with E-state index in [-0.39, 0.29) is 96.5 Å². The number of benzene rings is 2. The Bertz CT molecular complexity index is 1340. The molecular formula is C24H25F2N4Na2O7P. The van der Waals surface area contributed by atoms with E-state index in [0.29, 0.717) is 0 Å². The number of amides is 3. The van der Waals surface area contributed by atoms with Gasteiger partial charge in [-0.15, -0.1) is 0 Å². The number of aromatic nitrogens is 1. The Kier molecular flexibility index (Phi) is 15.8. The van der Waals surface area contributed by atoms with E-state index in [2.05, 4.69) is 20.1 Å². The largest absolute Gasteiger partial charge is 1.00 e. The van der Waals surface area contributed by atoms with Crippen molar-refractivity contribution >= 4 is 36.5 Å². The fraction of sp³-hybridized carbons (Fsp3) is 0.292. The van der Waals surface area contributed by atoms with Gasteiger partial charge < -0.3 is 33.8 Å². The van der Waals surface area contributed by atoms with Crippen LogP contribution in [0.25, 0.3) is 10.8 Å². The van der Waals surface area contributed by atoms with E-state index in [1.165, 1.54) is 19.2 Å². The van der Waals surface area contributed by atoms with Gasteiger partial charge >= 0.3 is 71.2 Å². The Balaban J connectivity index is 0.00000400. The number of anilines is 1. The number of hydrogen-bond donors (Lipinski definition) is 2. The molecule has 11 nitrogen and oxygen atoms in total. The molecule has 1 aromatic heterocycles. The first kappa shape index (κ1) is 36.4. The van der Waals surface area contributed by atoms with Crippen molar-refractivity contribution in [2.24, 2.45) is 0 Å². The molecule has 3 rings (SSSR count). The number of ether oxygens (including phenoxy) is 1. The van der Waals surface area contributed by atoms with Gasteiger partial charge in [0.05, 0.1) is 20.5 Å². The number of nitrogens with zero attached hydrogens (tertiary/aromatic N) is 2. The van der Waals surface area contributed by atoms with E-state index in [1.54, 1.807) is 12.3 Å². The van der Waals surface area contributed by atoms with Gasteiger partial charge in [-0.1, -0.05) is 36.4 Å². The maximum atomic E-state index is 13.9. The molecule has 0 unspecified atom stereocenters. The van der Waals surface area contributed by atoms with Crippen molar-refractivity contribution in [1.29, 1.82) is 0 Å². The minimum atomic E-state index is -5.17. The maximum absolute atomic E-state index is 13.9. The molecule has 0 bridgehead atoms. The minimum absolute atomic E-state index is 0. The fourth-order valence-corrected chi connectivity index (χ4v) is 3.85. The number of hydrogen-bond acceptors (Lipinski definition) is 8. The molecule has 0 aliphatic rings. The zero-order chi connectivity index (χ0) is 27.7. The summed E-state index contributed by atoms with van der Waals surface area (Å²) < 4.78 is 47.5. The standard InChI is InChI=1S/C24H27F2N4O7P.2Na/c1-30(23(31)28-14-18-8-4-10-20(25)22(18)26)19(9-5-11-37-38(33,34)35)15-36-24(32)29-21-12-16-6-2-3-7-17(16)13-27-21;;/h2-4,6-8,10,12-13,19H,5,9,11,14-15H2,1H3,(H,28,31)(H,27,29,32)(H2,33,34,35);;/q;2*+1/p-2/t19-;;/m0../s1. The van der Waals surface area contributed by atoms with Gasteiger partial charge in [0.1, 0.15) is 12.4 Å². The second-order valence-electron chi connectivity index (χ2n) is 8.20. The Morgan fingerprint density at radius 3 is 2.50 bits per heavy atom. The van der Waals surface area contributed by atoms with Gasteiger partial charge in [-0.25, -0.2) is 23.4 Å². The predicted molar refractivity (Wildman–Crippen MR) is 130 cm³/mol. The molecule has 3 aromatic rings. The zero-order valence-electron chi connectivity index (χ0n) is 22.3. The molecule has 2 N–H and O–H groups in total. The number of halogens is 2. The van der Waals surface area contributed by atoms with Gasteiger partial charge in [-0.2, -0.15) is 0 Å². The molecule has 3 amide bonds. The summed E-state index contributed by atoms with van der Waals surface area (Å²) >= 11 is 0. The van der Waals surface area contributed by atoms with Crippen LogP contribution in [0.5, 0.6) is 0 Å². The molecule has 0 aliphatic heterocycles. The van der Waals surface area contributed by atoms with Crippen molar-refractivity contribution in [3.8, 4) is 0 Å². The Morgan fingerprint density at radius 2 is 1.80 bits per heavy atom. The molecule has 1 heterocycles. The van der Waals surface area contributed by atoms with Crippen LogP contribution >= 0.6 is 7.82 Å². The number of phosphoric ester groups is 1. The van der Waals surface area contributed by atoms with E-state index in [0.717, 1.165) is 21.7 Å². The molecule has 204 valence electrons. The van der Waals surface area contributed by atoms with Crippen molar-refractivity contribution in [2.75, 3.05) is 25.6 Å². The third-order valence-electron chi connectivity index (χ3n) is 5.53. The van der Waals surface area contributed by atoms with E-state index in [9.17, 15) is 32.7 Å². The van der Waals surface area contributed by atoms with Crippen LogP contribution in [0.1, 0.15) is 18.4 Å². The smallest absolute Gasteiger partial charge is 0.790 e. The van der Waals surface area contributed by atoms with Crippen LogP contribution in [-0.4, -0.2) is 48.3 Å². The Labute approximate surface area is 273 Å². The van der Waals surface area contributed by atoms with E-state index < -0.39 is 44.2 Å². The molecule has 1 atom stereocenters. The number of pyridine rings is 1. The molecule has 2 aromatic carbocycles. The summed E-state index contributed by atoms with van der Waals surface area (Å²) in [6.07, 6.45) is 0.845. The van der Waals surface area contributed by atoms with Crippen LogP contribution in [0.2, 0.25) is 0 Å². The first-order valence-corrected chi connectivity index (χ1v) is 12.9. The third kappa shape index (κ3) is 11.7. The van der Waals surface area contributed by atoms with E-state index in [4.69, 9.17) is 4.74 Å². The number of fused-ring (bicyclic) bond motifs is 1. The molecule has 0 radical (unpaired) electrons. The number of rotatable bonds is 11. The van der Waals surface area contributed by atoms with Gasteiger partial charge in [0.25, 0.3) is 0 Å². The van der Waals surface area contributed by atoms with Crippen LogP contribution in [0.15, 0.2) is 54.7 Å². The summed E-state index contributed by atoms with van der Waals surface area (Å²) in [4.78, 5) is 51.7. The monoisotopic (exact) mass is 596 g/mol. The number of likely N-dealkylation sites (N-methyl/N-ethyl adjacent to an activating group) is 1. The second-order valence-corrected chi connectivity index (χ2v) is 9.35. The number of carbonyl (C=O) groups excluding carboxylic acids is 2. The Hall–Kier alpha value is -1.64. The van der Waals surface area contributed by atoms with Crippen molar-refractivity contribution in [3.63, 3.8) is 0 Å². The van der Waals surface area contributed by atoms with Gasteiger partial charge in [0.2, 0.25) is 0 Å².